The first-order valence-corrected chi connectivity index (χ1v) is 9.86. The third kappa shape index (κ3) is 6.93. The highest BCUT2D eigenvalue weighted by Crippen LogP contribution is 2.31. The van der Waals surface area contributed by atoms with Gasteiger partial charge < -0.3 is 10.1 Å². The quantitative estimate of drug-likeness (QED) is 0.352. The second-order valence-electron chi connectivity index (χ2n) is 6.78. The van der Waals surface area contributed by atoms with Crippen molar-refractivity contribution in [2.24, 2.45) is 0 Å². The summed E-state index contributed by atoms with van der Waals surface area (Å²) < 4.78 is 5.51. The number of anilines is 1. The monoisotopic (exact) mass is 365 g/mol. The summed E-state index contributed by atoms with van der Waals surface area (Å²) in [5.74, 6) is 0.587. The third-order valence-electron chi connectivity index (χ3n) is 4.77. The molecule has 0 spiro atoms. The summed E-state index contributed by atoms with van der Waals surface area (Å²) in [5.41, 5.74) is 1.78. The van der Waals surface area contributed by atoms with Gasteiger partial charge in [-0.3, -0.25) is 4.79 Å². The van der Waals surface area contributed by atoms with E-state index in [1.807, 2.05) is 60.7 Å². The first-order chi connectivity index (χ1) is 13.3. The molecule has 0 aromatic heterocycles. The molecule has 2 aromatic rings. The van der Waals surface area contributed by atoms with Crippen LogP contribution in [0.3, 0.4) is 0 Å². The average Bonchev–Trinajstić information content (AvgIpc) is 2.71. The normalized spacial score (nSPS) is 11.6. The maximum atomic E-state index is 13.0. The smallest absolute Gasteiger partial charge is 0.232 e. The molecule has 0 heterocycles. The molecule has 3 heteroatoms. The number of ether oxygens (including phenoxy) is 1. The van der Waals surface area contributed by atoms with Gasteiger partial charge in [0.25, 0.3) is 0 Å². The van der Waals surface area contributed by atoms with Crippen LogP contribution in [0.5, 0.6) is 5.75 Å². The predicted molar refractivity (Wildman–Crippen MR) is 113 cm³/mol. The number of methoxy groups -OCH3 is 1. The molecule has 27 heavy (non-hydrogen) atoms. The van der Waals surface area contributed by atoms with Crippen LogP contribution >= 0.6 is 0 Å². The minimum absolute atomic E-state index is 0.0253. The molecule has 0 saturated heterocycles. The van der Waals surface area contributed by atoms with Gasteiger partial charge in [-0.1, -0.05) is 68.2 Å². The molecule has 3 nitrogen and oxygen atoms in total. The van der Waals surface area contributed by atoms with E-state index < -0.39 is 0 Å². The van der Waals surface area contributed by atoms with E-state index in [2.05, 4.69) is 11.9 Å². The van der Waals surface area contributed by atoms with Crippen molar-refractivity contribution in [1.82, 2.24) is 0 Å². The van der Waals surface area contributed by atoms with Gasteiger partial charge in [0, 0.05) is 11.3 Å². The topological polar surface area (TPSA) is 38.3 Å². The van der Waals surface area contributed by atoms with Gasteiger partial charge in [0.05, 0.1) is 13.0 Å². The summed E-state index contributed by atoms with van der Waals surface area (Å²) in [4.78, 5) is 13.0. The molecule has 1 N–H and O–H groups in total. The lowest BCUT2D eigenvalue weighted by molar-refractivity contribution is -0.117. The van der Waals surface area contributed by atoms with Gasteiger partial charge in [-0.15, -0.1) is 6.58 Å². The highest BCUT2D eigenvalue weighted by atomic mass is 16.5. The lowest BCUT2D eigenvalue weighted by Gasteiger charge is -2.19. The minimum Gasteiger partial charge on any atom is -0.496 e. The maximum Gasteiger partial charge on any atom is 0.232 e. The largest absolute Gasteiger partial charge is 0.496 e. The Morgan fingerprint density at radius 3 is 2.41 bits per heavy atom. The van der Waals surface area contributed by atoms with E-state index in [1.54, 1.807) is 7.11 Å². The fourth-order valence-corrected chi connectivity index (χ4v) is 3.30. The summed E-state index contributed by atoms with van der Waals surface area (Å²) >= 11 is 0. The van der Waals surface area contributed by atoms with Gasteiger partial charge in [0.1, 0.15) is 5.75 Å². The molecular formula is C24H31NO2. The van der Waals surface area contributed by atoms with Crippen molar-refractivity contribution >= 4 is 11.6 Å². The fourth-order valence-electron chi connectivity index (χ4n) is 3.30. The van der Waals surface area contributed by atoms with Crippen LogP contribution in [0, 0.1) is 0 Å². The number of unbranched alkanes of at least 4 members (excludes halogenated alkanes) is 5. The second-order valence-corrected chi connectivity index (χ2v) is 6.78. The number of hydrogen-bond donors (Lipinski definition) is 1. The minimum atomic E-state index is -0.213. The van der Waals surface area contributed by atoms with E-state index in [4.69, 9.17) is 4.74 Å². The van der Waals surface area contributed by atoms with Crippen molar-refractivity contribution in [1.29, 1.82) is 0 Å². The Balaban J connectivity index is 2.02. The molecule has 1 unspecified atom stereocenters. The third-order valence-corrected chi connectivity index (χ3v) is 4.77. The number of rotatable bonds is 12. The molecule has 0 aliphatic heterocycles. The average molecular weight is 366 g/mol. The van der Waals surface area contributed by atoms with Gasteiger partial charge >= 0.3 is 0 Å². The molecular weight excluding hydrogens is 334 g/mol. The Hall–Kier alpha value is -2.55. The molecule has 1 atom stereocenters. The maximum absolute atomic E-state index is 13.0. The van der Waals surface area contributed by atoms with E-state index in [0.29, 0.717) is 0 Å². The van der Waals surface area contributed by atoms with Gasteiger partial charge in [-0.2, -0.15) is 0 Å². The summed E-state index contributed by atoms with van der Waals surface area (Å²) in [5, 5.41) is 3.06. The van der Waals surface area contributed by atoms with Crippen molar-refractivity contribution in [2.45, 2.75) is 50.9 Å². The van der Waals surface area contributed by atoms with Crippen LogP contribution in [0.4, 0.5) is 5.69 Å². The van der Waals surface area contributed by atoms with Crippen LogP contribution in [0.15, 0.2) is 67.3 Å². The zero-order chi connectivity index (χ0) is 19.3. The van der Waals surface area contributed by atoms with E-state index in [0.717, 1.165) is 42.7 Å². The SMILES string of the molecule is C=CCCCCCCCC(C(=O)Nc1ccccc1)c1ccccc1OC. The van der Waals surface area contributed by atoms with Gasteiger partial charge in [-0.25, -0.2) is 0 Å². The molecule has 2 aromatic carbocycles. The van der Waals surface area contributed by atoms with Crippen LogP contribution in [0.25, 0.3) is 0 Å². The van der Waals surface area contributed by atoms with Crippen molar-refractivity contribution < 1.29 is 9.53 Å². The standard InChI is InChI=1S/C24H31NO2/c1-3-4-5-6-7-8-12-18-22(21-17-13-14-19-23(21)27-2)24(26)25-20-15-10-9-11-16-20/h3,9-11,13-17,19,22H,1,4-8,12,18H2,2H3,(H,25,26). The van der Waals surface area contributed by atoms with E-state index >= 15 is 0 Å². The zero-order valence-corrected chi connectivity index (χ0v) is 16.3. The fraction of sp³-hybridized carbons (Fsp3) is 0.375. The summed E-state index contributed by atoms with van der Waals surface area (Å²) in [7, 11) is 1.66. The first kappa shape index (κ1) is 20.8. The molecule has 2 rings (SSSR count). The summed E-state index contributed by atoms with van der Waals surface area (Å²) in [6.45, 7) is 3.77. The molecule has 0 fully saturated rings. The Labute approximate surface area is 163 Å². The Morgan fingerprint density at radius 2 is 1.67 bits per heavy atom. The van der Waals surface area contributed by atoms with Crippen LogP contribution in [0.2, 0.25) is 0 Å². The van der Waals surface area contributed by atoms with Crippen LogP contribution in [-0.2, 0) is 4.79 Å². The van der Waals surface area contributed by atoms with E-state index in [-0.39, 0.29) is 11.8 Å². The molecule has 1 amide bonds. The Morgan fingerprint density at radius 1 is 1.00 bits per heavy atom. The van der Waals surface area contributed by atoms with E-state index in [1.165, 1.54) is 19.3 Å². The van der Waals surface area contributed by atoms with Crippen molar-refractivity contribution in [2.75, 3.05) is 12.4 Å². The zero-order valence-electron chi connectivity index (χ0n) is 16.3. The van der Waals surface area contributed by atoms with Gasteiger partial charge in [-0.05, 0) is 37.5 Å². The van der Waals surface area contributed by atoms with Crippen molar-refractivity contribution in [3.63, 3.8) is 0 Å². The highest BCUT2D eigenvalue weighted by Gasteiger charge is 2.23. The lowest BCUT2D eigenvalue weighted by atomic mass is 9.91. The van der Waals surface area contributed by atoms with Gasteiger partial charge in [0.2, 0.25) is 5.91 Å². The lowest BCUT2D eigenvalue weighted by Crippen LogP contribution is -2.21. The summed E-state index contributed by atoms with van der Waals surface area (Å²) in [6, 6.07) is 17.5. The number of carbonyl (C=O) groups excluding carboxylic acids is 1. The first-order valence-electron chi connectivity index (χ1n) is 9.86. The second kappa shape index (κ2) is 11.9. The number of amides is 1. The number of para-hydroxylation sites is 2. The Kier molecular flexibility index (Phi) is 9.19. The molecule has 0 saturated carbocycles. The highest BCUT2D eigenvalue weighted by molar-refractivity contribution is 5.96. The molecule has 0 aliphatic rings. The number of allylic oxidation sites excluding steroid dienone is 1. The Bertz CT molecular complexity index is 697. The van der Waals surface area contributed by atoms with Crippen LogP contribution in [0.1, 0.15) is 56.4 Å². The molecule has 0 radical (unpaired) electrons. The van der Waals surface area contributed by atoms with Crippen LogP contribution in [-0.4, -0.2) is 13.0 Å². The molecule has 0 aliphatic carbocycles. The van der Waals surface area contributed by atoms with Crippen molar-refractivity contribution in [3.8, 4) is 5.75 Å². The predicted octanol–water partition coefficient (Wildman–Crippen LogP) is 6.33. The molecule has 144 valence electrons. The summed E-state index contributed by atoms with van der Waals surface area (Å²) in [6.07, 6.45) is 9.68. The number of hydrogen-bond acceptors (Lipinski definition) is 2. The van der Waals surface area contributed by atoms with Crippen LogP contribution < -0.4 is 10.1 Å². The van der Waals surface area contributed by atoms with E-state index in [9.17, 15) is 4.79 Å². The van der Waals surface area contributed by atoms with Crippen molar-refractivity contribution in [3.05, 3.63) is 72.8 Å². The number of benzene rings is 2. The number of carbonyl (C=O) groups is 1. The number of nitrogens with one attached hydrogen (secondary N) is 1. The van der Waals surface area contributed by atoms with Gasteiger partial charge in [0.15, 0.2) is 0 Å². The molecule has 0 bridgehead atoms.